The van der Waals surface area contributed by atoms with E-state index in [1.165, 1.54) is 6.92 Å². The fourth-order valence-corrected chi connectivity index (χ4v) is 6.22. The summed E-state index contributed by atoms with van der Waals surface area (Å²) >= 11 is 17.7. The third kappa shape index (κ3) is 14.0. The van der Waals surface area contributed by atoms with Crippen LogP contribution < -0.4 is 0 Å². The first-order valence-electron chi connectivity index (χ1n) is 18.2. The van der Waals surface area contributed by atoms with Gasteiger partial charge < -0.3 is 52.2 Å². The van der Waals surface area contributed by atoms with Crippen LogP contribution in [0.1, 0.15) is 44.7 Å². The molecule has 2 aliphatic heterocycles. The van der Waals surface area contributed by atoms with Crippen LogP contribution >= 0.6 is 34.8 Å². The molecule has 1 N–H and O–H groups in total. The summed E-state index contributed by atoms with van der Waals surface area (Å²) in [7, 11) is 1.05. The van der Waals surface area contributed by atoms with E-state index in [0.717, 1.165) is 21.0 Å². The van der Waals surface area contributed by atoms with Gasteiger partial charge in [0.1, 0.15) is 42.8 Å². The van der Waals surface area contributed by atoms with Gasteiger partial charge in [-0.3, -0.25) is 19.8 Å². The van der Waals surface area contributed by atoms with Crippen LogP contribution in [0.5, 0.6) is 0 Å². The van der Waals surface area contributed by atoms with Gasteiger partial charge >= 0.3 is 23.9 Å². The van der Waals surface area contributed by atoms with E-state index in [0.29, 0.717) is 11.1 Å². The van der Waals surface area contributed by atoms with Crippen molar-refractivity contribution in [2.75, 3.05) is 13.7 Å². The Morgan fingerprint density at radius 3 is 1.88 bits per heavy atom. The standard InChI is InChI=1S/C38H43Cl3N4O15/c1-20(46)15-16-26(49)57-31-30(54-18-24-13-9-6-10-14-24)33(55-22(3)48)36(59-32(31)34(50)51-4)58-28-25(19-52-21(2)47)56-35(60-37(42)38(39,40)41)27(44-45-43)29(28)53-17-23-11-7-5-8-12-23/h5-14,25,27-33,35-36,42H,15-19H2,1-4H3/t25-,27-,28-,29-,30+,31+,32-,33-,35?,36-/m1/s1. The van der Waals surface area contributed by atoms with Gasteiger partial charge in [-0.15, -0.1) is 0 Å². The fourth-order valence-electron chi connectivity index (χ4n) is 6.08. The molecule has 2 heterocycles. The molecule has 22 heteroatoms. The number of hydrogen-bond donors (Lipinski definition) is 1. The van der Waals surface area contributed by atoms with Crippen molar-refractivity contribution in [3.05, 3.63) is 82.2 Å². The molecule has 2 saturated heterocycles. The number of Topliss-reactive ketones (excluding diaryl/α,β-unsaturated/α-hetero) is 1. The van der Waals surface area contributed by atoms with E-state index in [1.807, 2.05) is 0 Å². The predicted molar refractivity (Wildman–Crippen MR) is 208 cm³/mol. The van der Waals surface area contributed by atoms with Crippen LogP contribution in [0.15, 0.2) is 65.8 Å². The quantitative estimate of drug-likeness (QED) is 0.0303. The van der Waals surface area contributed by atoms with E-state index < -0.39 is 102 Å². The molecular formula is C38H43Cl3N4O15. The van der Waals surface area contributed by atoms with Crippen molar-refractivity contribution in [3.63, 3.8) is 0 Å². The van der Waals surface area contributed by atoms with Gasteiger partial charge in [0.05, 0.1) is 26.7 Å². The molecule has 4 rings (SSSR count). The maximum absolute atomic E-state index is 13.5. The zero-order valence-corrected chi connectivity index (χ0v) is 34.9. The topological polar surface area (TPSA) is 250 Å². The highest BCUT2D eigenvalue weighted by Crippen LogP contribution is 2.37. The van der Waals surface area contributed by atoms with E-state index in [2.05, 4.69) is 10.0 Å². The average Bonchev–Trinajstić information content (AvgIpc) is 3.20. The van der Waals surface area contributed by atoms with Gasteiger partial charge in [-0.25, -0.2) is 4.79 Å². The lowest BCUT2D eigenvalue weighted by atomic mass is 9.95. The van der Waals surface area contributed by atoms with Crippen molar-refractivity contribution < 1.29 is 71.3 Å². The molecule has 19 nitrogen and oxygen atoms in total. The summed E-state index contributed by atoms with van der Waals surface area (Å²) in [6, 6.07) is 15.9. The molecule has 10 atom stereocenters. The minimum atomic E-state index is -2.40. The first-order chi connectivity index (χ1) is 28.5. The SMILES string of the molecule is COC(=O)[C@@H]1O[C@@H](O[C@H]2[C@H](OCc3ccccc3)[C@@H](N=[N+]=[N-])C(OC(=N)C(Cl)(Cl)Cl)O[C@@H]2COC(C)=O)[C@H](OC(C)=O)[C@@H](OCc2ccccc2)[C@@H]1OC(=O)CCC(C)=O. The van der Waals surface area contributed by atoms with E-state index >= 15 is 0 Å². The molecule has 0 bridgehead atoms. The van der Waals surface area contributed by atoms with E-state index in [-0.39, 0.29) is 31.8 Å². The van der Waals surface area contributed by atoms with Crippen LogP contribution in [-0.2, 0) is 84.6 Å². The van der Waals surface area contributed by atoms with Crippen molar-refractivity contribution in [1.82, 2.24) is 0 Å². The van der Waals surface area contributed by atoms with E-state index in [1.54, 1.807) is 60.7 Å². The summed E-state index contributed by atoms with van der Waals surface area (Å²) in [5.41, 5.74) is 11.0. The number of rotatable bonds is 18. The Labute approximate surface area is 359 Å². The second-order valence-corrected chi connectivity index (χ2v) is 15.6. The van der Waals surface area contributed by atoms with Crippen LogP contribution in [0, 0.1) is 5.41 Å². The zero-order chi connectivity index (χ0) is 44.0. The monoisotopic (exact) mass is 900 g/mol. The summed E-state index contributed by atoms with van der Waals surface area (Å²) < 4.78 is 56.4. The Balaban J connectivity index is 1.86. The molecule has 0 aliphatic carbocycles. The number of ether oxygens (including phenoxy) is 10. The molecule has 2 fully saturated rings. The first-order valence-corrected chi connectivity index (χ1v) is 19.4. The highest BCUT2D eigenvalue weighted by Gasteiger charge is 2.58. The minimum absolute atomic E-state index is 0.164. The van der Waals surface area contributed by atoms with Gasteiger partial charge in [0.25, 0.3) is 3.79 Å². The third-order valence-electron chi connectivity index (χ3n) is 8.78. The lowest BCUT2D eigenvalue weighted by Gasteiger charge is -2.48. The second kappa shape index (κ2) is 22.9. The van der Waals surface area contributed by atoms with Crippen LogP contribution in [0.4, 0.5) is 0 Å². The molecular weight excluding hydrogens is 859 g/mol. The summed E-state index contributed by atoms with van der Waals surface area (Å²) in [5, 5.41) is 12.1. The maximum atomic E-state index is 13.5. The number of hydrogen-bond acceptors (Lipinski definition) is 17. The number of nitrogens with one attached hydrogen (secondary N) is 1. The lowest BCUT2D eigenvalue weighted by molar-refractivity contribution is -0.347. The summed E-state index contributed by atoms with van der Waals surface area (Å²) in [6.45, 7) is 2.54. The third-order valence-corrected chi connectivity index (χ3v) is 9.30. The summed E-state index contributed by atoms with van der Waals surface area (Å²) in [5.74, 6) is -4.87. The lowest BCUT2D eigenvalue weighted by Crippen LogP contribution is -2.67. The van der Waals surface area contributed by atoms with Crippen LogP contribution in [0.2, 0.25) is 0 Å². The van der Waals surface area contributed by atoms with Crippen molar-refractivity contribution in [1.29, 1.82) is 5.41 Å². The average molecular weight is 902 g/mol. The van der Waals surface area contributed by atoms with Crippen LogP contribution in [0.25, 0.3) is 10.4 Å². The number of esters is 4. The van der Waals surface area contributed by atoms with Crippen molar-refractivity contribution in [2.24, 2.45) is 5.11 Å². The molecule has 0 amide bonds. The van der Waals surface area contributed by atoms with Crippen molar-refractivity contribution in [2.45, 2.75) is 112 Å². The second-order valence-electron chi connectivity index (χ2n) is 13.3. The van der Waals surface area contributed by atoms with Gasteiger partial charge in [0.15, 0.2) is 24.6 Å². The number of carbonyl (C=O) groups is 5. The highest BCUT2D eigenvalue weighted by atomic mass is 35.6. The Morgan fingerprint density at radius 1 is 0.767 bits per heavy atom. The van der Waals surface area contributed by atoms with E-state index in [9.17, 15) is 29.5 Å². The van der Waals surface area contributed by atoms with Gasteiger partial charge in [-0.1, -0.05) is 101 Å². The minimum Gasteiger partial charge on any atom is -0.467 e. The molecule has 60 heavy (non-hydrogen) atoms. The number of carbonyl (C=O) groups excluding carboxylic acids is 5. The molecule has 0 radical (unpaired) electrons. The molecule has 0 spiro atoms. The molecule has 1 unspecified atom stereocenters. The molecule has 326 valence electrons. The fraction of sp³-hybridized carbons (Fsp3) is 0.526. The summed E-state index contributed by atoms with van der Waals surface area (Å²) in [4.78, 5) is 66.3. The normalized spacial score (nSPS) is 26.4. The van der Waals surface area contributed by atoms with Gasteiger partial charge in [0, 0.05) is 25.2 Å². The smallest absolute Gasteiger partial charge is 0.339 e. The molecule has 2 aromatic carbocycles. The van der Waals surface area contributed by atoms with E-state index in [4.69, 9.17) is 87.6 Å². The largest absolute Gasteiger partial charge is 0.467 e. The molecule has 0 saturated carbocycles. The number of ketones is 1. The number of halogens is 3. The number of nitrogens with zero attached hydrogens (tertiary/aromatic N) is 3. The Morgan fingerprint density at radius 2 is 1.37 bits per heavy atom. The van der Waals surface area contributed by atoms with Gasteiger partial charge in [-0.05, 0) is 23.6 Å². The Bertz CT molecular complexity index is 1850. The molecule has 2 aliphatic rings. The van der Waals surface area contributed by atoms with Crippen LogP contribution in [-0.4, -0.2) is 114 Å². The number of methoxy groups -OCH3 is 1. The number of alkyl halides is 3. The molecule has 2 aromatic rings. The molecule has 0 aromatic heterocycles. The van der Waals surface area contributed by atoms with Crippen molar-refractivity contribution >= 4 is 70.4 Å². The Kier molecular flexibility index (Phi) is 18.3. The first kappa shape index (κ1) is 48.1. The zero-order valence-electron chi connectivity index (χ0n) is 32.7. The maximum Gasteiger partial charge on any atom is 0.339 e. The van der Waals surface area contributed by atoms with Gasteiger partial charge in [-0.2, -0.15) is 0 Å². The Hall–Kier alpha value is -4.56. The highest BCUT2D eigenvalue weighted by molar-refractivity contribution is 6.76. The summed E-state index contributed by atoms with van der Waals surface area (Å²) in [6.07, 6.45) is -15.3. The number of azide groups is 1. The van der Waals surface area contributed by atoms with Crippen molar-refractivity contribution in [3.8, 4) is 0 Å². The predicted octanol–water partition coefficient (Wildman–Crippen LogP) is 4.98. The van der Waals surface area contributed by atoms with Crippen LogP contribution in [0.3, 0.4) is 0 Å². The number of benzene rings is 2. The van der Waals surface area contributed by atoms with Gasteiger partial charge in [0.2, 0.25) is 12.2 Å².